The number of aromatic hydroxyl groups is 2. The summed E-state index contributed by atoms with van der Waals surface area (Å²) in [6, 6.07) is 4.30. The number of carbonyl (C=O) groups is 4. The molecule has 0 bridgehead atoms. The van der Waals surface area contributed by atoms with E-state index in [1.807, 2.05) is 0 Å². The van der Waals surface area contributed by atoms with E-state index in [2.05, 4.69) is 0 Å². The molecule has 1 aliphatic carbocycles. The van der Waals surface area contributed by atoms with Crippen molar-refractivity contribution in [2.45, 2.75) is 38.6 Å². The van der Waals surface area contributed by atoms with E-state index >= 15 is 0 Å². The van der Waals surface area contributed by atoms with Gasteiger partial charge in [-0.05, 0) is 13.8 Å². The van der Waals surface area contributed by atoms with E-state index in [0.29, 0.717) is 0 Å². The van der Waals surface area contributed by atoms with E-state index in [1.54, 1.807) is 6.92 Å². The summed E-state index contributed by atoms with van der Waals surface area (Å²) >= 11 is 0. The Morgan fingerprint density at radius 1 is 1.00 bits per heavy atom. The van der Waals surface area contributed by atoms with E-state index in [1.165, 1.54) is 25.1 Å². The Bertz CT molecular complexity index is 1210. The third kappa shape index (κ3) is 2.19. The maximum atomic E-state index is 13.3. The van der Waals surface area contributed by atoms with Crippen molar-refractivity contribution in [2.24, 2.45) is 0 Å². The van der Waals surface area contributed by atoms with Crippen LogP contribution in [-0.4, -0.2) is 39.6 Å². The zero-order valence-electron chi connectivity index (χ0n) is 16.0. The molecule has 0 saturated carbocycles. The Hall–Kier alpha value is -3.52. The van der Waals surface area contributed by atoms with Gasteiger partial charge in [0.2, 0.25) is 0 Å². The summed E-state index contributed by atoms with van der Waals surface area (Å²) in [6.07, 6.45) is -2.45. The third-order valence-corrected chi connectivity index (χ3v) is 5.93. The summed E-state index contributed by atoms with van der Waals surface area (Å²) in [5.74, 6) is -3.41. The predicted octanol–water partition coefficient (Wildman–Crippen LogP) is 2.52. The molecule has 2 aliphatic heterocycles. The Balaban J connectivity index is 1.83. The molecule has 8 heteroatoms. The SMILES string of the molecule is CC(=O)c1cccc2c1C(=O)c1c(O)c3c(c(O)c1C2=O)C1OC(=O)CC1OC3C. The van der Waals surface area contributed by atoms with Crippen LogP contribution in [0.25, 0.3) is 0 Å². The van der Waals surface area contributed by atoms with Crippen molar-refractivity contribution in [3.63, 3.8) is 0 Å². The van der Waals surface area contributed by atoms with E-state index < -0.39 is 53.1 Å². The minimum absolute atomic E-state index is 0.0244. The molecule has 3 unspecified atom stereocenters. The summed E-state index contributed by atoms with van der Waals surface area (Å²) < 4.78 is 11.0. The molecule has 8 nitrogen and oxygen atoms in total. The number of hydrogen-bond acceptors (Lipinski definition) is 8. The molecule has 0 spiro atoms. The monoisotopic (exact) mass is 408 g/mol. The Morgan fingerprint density at radius 2 is 1.67 bits per heavy atom. The first kappa shape index (κ1) is 18.5. The summed E-state index contributed by atoms with van der Waals surface area (Å²) in [6.45, 7) is 2.88. The molecule has 0 amide bonds. The van der Waals surface area contributed by atoms with Crippen LogP contribution >= 0.6 is 0 Å². The molecule has 0 radical (unpaired) electrons. The van der Waals surface area contributed by atoms with Gasteiger partial charge in [-0.15, -0.1) is 0 Å². The van der Waals surface area contributed by atoms with Gasteiger partial charge in [-0.3, -0.25) is 19.2 Å². The zero-order chi connectivity index (χ0) is 21.5. The maximum Gasteiger partial charge on any atom is 0.309 e. The number of hydrogen-bond donors (Lipinski definition) is 2. The van der Waals surface area contributed by atoms with Crippen molar-refractivity contribution < 1.29 is 38.9 Å². The van der Waals surface area contributed by atoms with Gasteiger partial charge in [0.1, 0.15) is 17.6 Å². The molecule has 1 saturated heterocycles. The van der Waals surface area contributed by atoms with Crippen molar-refractivity contribution in [3.05, 3.63) is 57.1 Å². The lowest BCUT2D eigenvalue weighted by Gasteiger charge is -2.34. The van der Waals surface area contributed by atoms with E-state index in [0.717, 1.165) is 0 Å². The second kappa shape index (κ2) is 5.99. The third-order valence-electron chi connectivity index (χ3n) is 5.93. The highest BCUT2D eigenvalue weighted by Gasteiger charge is 2.49. The van der Waals surface area contributed by atoms with Crippen LogP contribution in [0.5, 0.6) is 11.5 Å². The van der Waals surface area contributed by atoms with E-state index in [9.17, 15) is 29.4 Å². The lowest BCUT2D eigenvalue weighted by atomic mass is 9.76. The van der Waals surface area contributed by atoms with Crippen LogP contribution in [0.15, 0.2) is 18.2 Å². The Morgan fingerprint density at radius 3 is 2.37 bits per heavy atom. The Labute approximate surface area is 170 Å². The standard InChI is InChI=1S/C22H16O8/c1-7(23)9-4-3-5-10-14(9)20(27)16-15(18(10)25)21(28)17-13(19(16)26)8(2)29-11-6-12(24)30-22(11)17/h3-5,8,11,22,26,28H,6H2,1-2H3. The second-order valence-corrected chi connectivity index (χ2v) is 7.65. The van der Waals surface area contributed by atoms with Gasteiger partial charge in [0, 0.05) is 27.8 Å². The van der Waals surface area contributed by atoms with Crippen molar-refractivity contribution in [1.82, 2.24) is 0 Å². The zero-order valence-corrected chi connectivity index (χ0v) is 16.0. The fourth-order valence-electron chi connectivity index (χ4n) is 4.67. The smallest absolute Gasteiger partial charge is 0.309 e. The van der Waals surface area contributed by atoms with Crippen molar-refractivity contribution in [2.75, 3.05) is 0 Å². The number of benzene rings is 2. The summed E-state index contributed by atoms with van der Waals surface area (Å²) in [4.78, 5) is 50.4. The minimum Gasteiger partial charge on any atom is -0.507 e. The lowest BCUT2D eigenvalue weighted by molar-refractivity contribution is -0.143. The van der Waals surface area contributed by atoms with Gasteiger partial charge < -0.3 is 19.7 Å². The van der Waals surface area contributed by atoms with Crippen LogP contribution in [-0.2, 0) is 14.3 Å². The van der Waals surface area contributed by atoms with Gasteiger partial charge >= 0.3 is 5.97 Å². The first-order valence-electron chi connectivity index (χ1n) is 9.42. The topological polar surface area (TPSA) is 127 Å². The number of ether oxygens (including phenoxy) is 2. The fraction of sp³-hybridized carbons (Fsp3) is 0.273. The number of phenols is 2. The number of phenolic OH excluding ortho intramolecular Hbond substituents is 2. The molecule has 2 aromatic rings. The van der Waals surface area contributed by atoms with Crippen molar-refractivity contribution in [1.29, 1.82) is 0 Å². The molecule has 3 aliphatic rings. The van der Waals surface area contributed by atoms with Crippen molar-refractivity contribution >= 4 is 23.3 Å². The second-order valence-electron chi connectivity index (χ2n) is 7.65. The molecule has 3 atom stereocenters. The highest BCUT2D eigenvalue weighted by Crippen LogP contribution is 2.54. The maximum absolute atomic E-state index is 13.3. The molecule has 152 valence electrons. The number of rotatable bonds is 1. The number of ketones is 3. The highest BCUT2D eigenvalue weighted by atomic mass is 16.6. The molecular weight excluding hydrogens is 392 g/mol. The minimum atomic E-state index is -0.993. The van der Waals surface area contributed by atoms with Gasteiger partial charge in [0.25, 0.3) is 0 Å². The van der Waals surface area contributed by atoms with Crippen LogP contribution in [0.3, 0.4) is 0 Å². The van der Waals surface area contributed by atoms with Gasteiger partial charge in [0.05, 0.1) is 23.7 Å². The normalized spacial score (nSPS) is 23.9. The molecule has 2 heterocycles. The molecule has 0 aromatic heterocycles. The fourth-order valence-corrected chi connectivity index (χ4v) is 4.67. The largest absolute Gasteiger partial charge is 0.507 e. The first-order valence-corrected chi connectivity index (χ1v) is 9.42. The summed E-state index contributed by atoms with van der Waals surface area (Å²) in [5.41, 5.74) is -0.653. The number of Topliss-reactive ketones (excluding diaryl/α,β-unsaturated/α-hetero) is 1. The summed E-state index contributed by atoms with van der Waals surface area (Å²) in [7, 11) is 0. The molecule has 30 heavy (non-hydrogen) atoms. The number of esters is 1. The predicted molar refractivity (Wildman–Crippen MR) is 99.8 cm³/mol. The van der Waals surface area contributed by atoms with Crippen molar-refractivity contribution in [3.8, 4) is 11.5 Å². The van der Waals surface area contributed by atoms with Gasteiger partial charge in [-0.25, -0.2) is 0 Å². The molecule has 1 fully saturated rings. The van der Waals surface area contributed by atoms with Crippen LogP contribution in [0.4, 0.5) is 0 Å². The molecule has 2 N–H and O–H groups in total. The van der Waals surface area contributed by atoms with Gasteiger partial charge in [-0.1, -0.05) is 18.2 Å². The van der Waals surface area contributed by atoms with Crippen LogP contribution < -0.4 is 0 Å². The van der Waals surface area contributed by atoms with E-state index in [-0.39, 0.29) is 45.4 Å². The van der Waals surface area contributed by atoms with Crippen LogP contribution in [0, 0.1) is 0 Å². The van der Waals surface area contributed by atoms with Crippen LogP contribution in [0.2, 0.25) is 0 Å². The average molecular weight is 408 g/mol. The molecule has 2 aromatic carbocycles. The summed E-state index contributed by atoms with van der Waals surface area (Å²) in [5, 5.41) is 22.1. The Kier molecular flexibility index (Phi) is 3.70. The average Bonchev–Trinajstić information content (AvgIpc) is 3.06. The quantitative estimate of drug-likeness (QED) is 0.357. The number of carbonyl (C=O) groups excluding carboxylic acids is 4. The lowest BCUT2D eigenvalue weighted by Crippen LogP contribution is -2.30. The highest BCUT2D eigenvalue weighted by molar-refractivity contribution is 6.32. The first-order chi connectivity index (χ1) is 14.2. The number of fused-ring (bicyclic) bond motifs is 5. The molecule has 5 rings (SSSR count). The molecular formula is C22H16O8. The van der Waals surface area contributed by atoms with Crippen LogP contribution in [0.1, 0.15) is 85.8 Å². The van der Waals surface area contributed by atoms with Gasteiger partial charge in [0.15, 0.2) is 23.5 Å². The van der Waals surface area contributed by atoms with E-state index in [4.69, 9.17) is 9.47 Å². The van der Waals surface area contributed by atoms with Gasteiger partial charge in [-0.2, -0.15) is 0 Å².